The molecule has 0 unspecified atom stereocenters. The van der Waals surface area contributed by atoms with Crippen molar-refractivity contribution in [3.8, 4) is 0 Å². The summed E-state index contributed by atoms with van der Waals surface area (Å²) in [5, 5.41) is 0. The molecule has 134 valence electrons. The highest BCUT2D eigenvalue weighted by molar-refractivity contribution is 8.26. The second-order valence-electron chi connectivity index (χ2n) is 6.89. The van der Waals surface area contributed by atoms with E-state index in [0.717, 1.165) is 0 Å². The number of likely N-dealkylation sites (N-methyl/N-ethyl adjacent to an activating group) is 1. The van der Waals surface area contributed by atoms with Gasteiger partial charge in [0.1, 0.15) is 4.32 Å². The Kier molecular flexibility index (Phi) is 5.00. The summed E-state index contributed by atoms with van der Waals surface area (Å²) in [7, 11) is 1.71. The second kappa shape index (κ2) is 7.41. The molecule has 0 aliphatic carbocycles. The number of amides is 1. The molecule has 0 N–H and O–H groups in total. The molecule has 3 nitrogen and oxygen atoms in total. The zero-order valence-corrected chi connectivity index (χ0v) is 16.5. The lowest BCUT2D eigenvalue weighted by Crippen LogP contribution is -2.34. The molecule has 3 aliphatic rings. The Morgan fingerprint density at radius 3 is 2.38 bits per heavy atom. The number of benzene rings is 1. The molecule has 1 aromatic rings. The van der Waals surface area contributed by atoms with Crippen molar-refractivity contribution in [2.24, 2.45) is 0 Å². The lowest BCUT2D eigenvalue weighted by atomic mass is 9.90. The second-order valence-corrected chi connectivity index (χ2v) is 8.56. The van der Waals surface area contributed by atoms with Crippen molar-refractivity contribution >= 4 is 46.0 Å². The van der Waals surface area contributed by atoms with Gasteiger partial charge in [0.2, 0.25) is 0 Å². The number of rotatable bonds is 3. The van der Waals surface area contributed by atoms with Crippen molar-refractivity contribution in [1.29, 1.82) is 0 Å². The molecule has 1 saturated heterocycles. The van der Waals surface area contributed by atoms with E-state index in [1.807, 2.05) is 24.3 Å². The highest BCUT2D eigenvalue weighted by Gasteiger charge is 2.28. The minimum Gasteiger partial charge on any atom is -0.371 e. The SMILES string of the molecule is CN1C(=O)\C(=C/C=C/C=C/c2cc3c4c(c2)CCCN4CCC3)SC1=S. The monoisotopic (exact) mass is 382 g/mol. The molecule has 3 heterocycles. The first-order valence-corrected chi connectivity index (χ1v) is 10.3. The first kappa shape index (κ1) is 17.6. The van der Waals surface area contributed by atoms with Crippen LogP contribution in [0, 0.1) is 0 Å². The molecule has 5 heteroatoms. The fraction of sp³-hybridized carbons (Fsp3) is 0.333. The molecule has 3 aliphatic heterocycles. The normalized spacial score (nSPS) is 21.5. The summed E-state index contributed by atoms with van der Waals surface area (Å²) >= 11 is 6.48. The molecule has 0 spiro atoms. The van der Waals surface area contributed by atoms with Crippen molar-refractivity contribution in [1.82, 2.24) is 4.90 Å². The summed E-state index contributed by atoms with van der Waals surface area (Å²) < 4.78 is 0.613. The summed E-state index contributed by atoms with van der Waals surface area (Å²) in [6, 6.07) is 4.67. The highest BCUT2D eigenvalue weighted by Crippen LogP contribution is 2.36. The minimum absolute atomic E-state index is 0.0213. The van der Waals surface area contributed by atoms with Gasteiger partial charge in [0, 0.05) is 25.8 Å². The van der Waals surface area contributed by atoms with E-state index in [1.165, 1.54) is 77.8 Å². The van der Waals surface area contributed by atoms with Gasteiger partial charge in [-0.1, -0.05) is 48.3 Å². The Morgan fingerprint density at radius 1 is 1.08 bits per heavy atom. The number of aryl methyl sites for hydroxylation is 2. The average Bonchev–Trinajstić information content (AvgIpc) is 2.89. The molecule has 0 saturated carbocycles. The van der Waals surface area contributed by atoms with Crippen molar-refractivity contribution in [2.45, 2.75) is 25.7 Å². The van der Waals surface area contributed by atoms with Crippen molar-refractivity contribution in [3.05, 3.63) is 58.0 Å². The summed E-state index contributed by atoms with van der Waals surface area (Å²) in [6.07, 6.45) is 14.8. The summed E-state index contributed by atoms with van der Waals surface area (Å²) in [5.74, 6) is -0.0213. The Hall–Kier alpha value is -1.85. The van der Waals surface area contributed by atoms with E-state index in [2.05, 4.69) is 23.1 Å². The standard InChI is InChI=1S/C21H22N2OS2/c1-22-20(24)18(26-21(22)25)10-4-2-3-7-15-13-16-8-5-11-23-12-6-9-17(14-15)19(16)23/h2-4,7,10,13-14H,5-6,8-9,11-12H2,1H3/b4-2+,7-3+,18-10+. The van der Waals surface area contributed by atoms with Crippen molar-refractivity contribution < 1.29 is 4.79 Å². The number of thiocarbonyl (C=S) groups is 1. The molecular weight excluding hydrogens is 360 g/mol. The summed E-state index contributed by atoms with van der Waals surface area (Å²) in [4.78, 5) is 16.7. The molecule has 4 rings (SSSR count). The predicted molar refractivity (Wildman–Crippen MR) is 115 cm³/mol. The number of hydrogen-bond acceptors (Lipinski definition) is 4. The maximum absolute atomic E-state index is 11.9. The van der Waals surface area contributed by atoms with E-state index in [4.69, 9.17) is 12.2 Å². The third kappa shape index (κ3) is 3.38. The number of carbonyl (C=O) groups excluding carboxylic acids is 1. The van der Waals surface area contributed by atoms with Crippen molar-refractivity contribution in [3.63, 3.8) is 0 Å². The maximum Gasteiger partial charge on any atom is 0.265 e. The highest BCUT2D eigenvalue weighted by atomic mass is 32.2. The smallest absolute Gasteiger partial charge is 0.265 e. The third-order valence-corrected chi connectivity index (χ3v) is 6.60. The van der Waals surface area contributed by atoms with Gasteiger partial charge in [0.15, 0.2) is 0 Å². The fourth-order valence-electron chi connectivity index (χ4n) is 3.86. The molecule has 26 heavy (non-hydrogen) atoms. The van der Waals surface area contributed by atoms with Crippen molar-refractivity contribution in [2.75, 3.05) is 25.0 Å². The zero-order chi connectivity index (χ0) is 18.1. The van der Waals surface area contributed by atoms with Crippen LogP contribution >= 0.6 is 24.0 Å². The van der Waals surface area contributed by atoms with Gasteiger partial charge in [-0.2, -0.15) is 0 Å². The first-order valence-electron chi connectivity index (χ1n) is 9.09. The minimum atomic E-state index is -0.0213. The maximum atomic E-state index is 11.9. The Morgan fingerprint density at radius 2 is 1.77 bits per heavy atom. The van der Waals surface area contributed by atoms with Gasteiger partial charge < -0.3 is 4.90 Å². The molecule has 0 aromatic heterocycles. The van der Waals surface area contributed by atoms with Crippen LogP contribution in [0.3, 0.4) is 0 Å². The lowest BCUT2D eigenvalue weighted by molar-refractivity contribution is -0.121. The van der Waals surface area contributed by atoms with Crippen LogP contribution in [0.15, 0.2) is 41.3 Å². The van der Waals surface area contributed by atoms with E-state index in [-0.39, 0.29) is 5.91 Å². The van der Waals surface area contributed by atoms with Gasteiger partial charge in [0.05, 0.1) is 4.91 Å². The van der Waals surface area contributed by atoms with Gasteiger partial charge in [-0.15, -0.1) is 0 Å². The van der Waals surface area contributed by atoms with Crippen LogP contribution in [0.5, 0.6) is 0 Å². The molecule has 0 bridgehead atoms. The molecular formula is C21H22N2OS2. The van der Waals surface area contributed by atoms with Crippen LogP contribution in [0.25, 0.3) is 6.08 Å². The van der Waals surface area contributed by atoms with Gasteiger partial charge in [0.25, 0.3) is 5.91 Å². The lowest BCUT2D eigenvalue weighted by Gasteiger charge is -2.37. The van der Waals surface area contributed by atoms with Gasteiger partial charge in [-0.3, -0.25) is 9.69 Å². The number of thioether (sulfide) groups is 1. The first-order chi connectivity index (χ1) is 12.6. The van der Waals surface area contributed by atoms with Crippen LogP contribution in [0.2, 0.25) is 0 Å². The van der Waals surface area contributed by atoms with Gasteiger partial charge >= 0.3 is 0 Å². The number of carbonyl (C=O) groups is 1. The largest absolute Gasteiger partial charge is 0.371 e. The third-order valence-electron chi connectivity index (χ3n) is 5.10. The van der Waals surface area contributed by atoms with Crippen LogP contribution in [0.4, 0.5) is 5.69 Å². The van der Waals surface area contributed by atoms with E-state index >= 15 is 0 Å². The number of nitrogens with zero attached hydrogens (tertiary/aromatic N) is 2. The predicted octanol–water partition coefficient (Wildman–Crippen LogP) is 4.33. The van der Waals surface area contributed by atoms with Crippen LogP contribution in [-0.4, -0.2) is 35.3 Å². The molecule has 0 atom stereocenters. The fourth-order valence-corrected chi connectivity index (χ4v) is 4.99. The Bertz CT molecular complexity index is 823. The number of hydrogen-bond donors (Lipinski definition) is 0. The van der Waals surface area contributed by atoms with Gasteiger partial charge in [-0.25, -0.2) is 0 Å². The van der Waals surface area contributed by atoms with E-state index in [9.17, 15) is 4.79 Å². The topological polar surface area (TPSA) is 23.6 Å². The van der Waals surface area contributed by atoms with Gasteiger partial charge in [-0.05, 0) is 60.6 Å². The van der Waals surface area contributed by atoms with E-state index < -0.39 is 0 Å². The van der Waals surface area contributed by atoms with E-state index in [0.29, 0.717) is 9.23 Å². The Balaban J connectivity index is 1.48. The molecule has 1 fully saturated rings. The van der Waals surface area contributed by atoms with Crippen LogP contribution in [0.1, 0.15) is 29.5 Å². The zero-order valence-electron chi connectivity index (χ0n) is 14.9. The average molecular weight is 383 g/mol. The molecule has 1 aromatic carbocycles. The number of anilines is 1. The number of allylic oxidation sites excluding steroid dienone is 4. The quantitative estimate of drug-likeness (QED) is 0.441. The Labute approximate surface area is 164 Å². The molecule has 0 radical (unpaired) electrons. The molecule has 1 amide bonds. The van der Waals surface area contributed by atoms with E-state index in [1.54, 1.807) is 7.05 Å². The van der Waals surface area contributed by atoms with Crippen LogP contribution in [-0.2, 0) is 17.6 Å². The van der Waals surface area contributed by atoms with Crippen LogP contribution < -0.4 is 4.90 Å². The summed E-state index contributed by atoms with van der Waals surface area (Å²) in [6.45, 7) is 2.42. The summed E-state index contributed by atoms with van der Waals surface area (Å²) in [5.41, 5.74) is 5.79.